The zero-order valence-electron chi connectivity index (χ0n) is 12.8. The third-order valence-electron chi connectivity index (χ3n) is 3.60. The van der Waals surface area contributed by atoms with Crippen molar-refractivity contribution in [2.45, 2.75) is 0 Å². The van der Waals surface area contributed by atoms with Gasteiger partial charge in [-0.15, -0.1) is 0 Å². The molecule has 0 bridgehead atoms. The maximum atomic E-state index is 12.1. The van der Waals surface area contributed by atoms with E-state index >= 15 is 0 Å². The summed E-state index contributed by atoms with van der Waals surface area (Å²) in [5.74, 6) is -0.115. The van der Waals surface area contributed by atoms with Crippen LogP contribution in [0.3, 0.4) is 0 Å². The Labute approximate surface area is 157 Å². The molecule has 3 aromatic rings. The number of aliphatic imine (C=N–C) groups is 1. The van der Waals surface area contributed by atoms with E-state index in [4.69, 9.17) is 4.74 Å². The molecule has 1 aromatic heterocycles. The molecule has 0 unspecified atom stereocenters. The number of cyclic esters (lactones) is 1. The standard InChI is InChI=1S/C18H11IN4O2/c19-15-4-2-1-3-14(15)17-22-16(18(24)25-17)9-12-5-7-13(8-6-12)23-11-20-10-21-23/h1-11H. The maximum absolute atomic E-state index is 12.1. The SMILES string of the molecule is O=C1OC(c2ccccc2I)=NC1=Cc1ccc(-n2cncn2)cc1. The van der Waals surface area contributed by atoms with E-state index in [2.05, 4.69) is 37.7 Å². The molecule has 7 heteroatoms. The third-order valence-corrected chi connectivity index (χ3v) is 4.55. The van der Waals surface area contributed by atoms with Gasteiger partial charge in [0.05, 0.1) is 11.3 Å². The van der Waals surface area contributed by atoms with Gasteiger partial charge in [0.2, 0.25) is 5.90 Å². The lowest BCUT2D eigenvalue weighted by Crippen LogP contribution is -2.06. The first-order chi connectivity index (χ1) is 12.2. The fourth-order valence-corrected chi connectivity index (χ4v) is 3.00. The Morgan fingerprint density at radius 3 is 2.60 bits per heavy atom. The maximum Gasteiger partial charge on any atom is 0.363 e. The molecule has 0 aliphatic carbocycles. The monoisotopic (exact) mass is 442 g/mol. The van der Waals surface area contributed by atoms with Gasteiger partial charge in [0.15, 0.2) is 5.70 Å². The predicted octanol–water partition coefficient (Wildman–Crippen LogP) is 3.22. The molecule has 2 aromatic carbocycles. The van der Waals surface area contributed by atoms with Crippen molar-refractivity contribution < 1.29 is 9.53 Å². The summed E-state index contributed by atoms with van der Waals surface area (Å²) in [5, 5.41) is 4.08. The van der Waals surface area contributed by atoms with Crippen molar-refractivity contribution in [3.63, 3.8) is 0 Å². The third kappa shape index (κ3) is 3.22. The number of hydrogen-bond acceptors (Lipinski definition) is 5. The van der Waals surface area contributed by atoms with Crippen molar-refractivity contribution in [2.24, 2.45) is 4.99 Å². The molecule has 25 heavy (non-hydrogen) atoms. The summed E-state index contributed by atoms with van der Waals surface area (Å²) in [6, 6.07) is 15.2. The molecule has 4 rings (SSSR count). The minimum atomic E-state index is -0.449. The van der Waals surface area contributed by atoms with Crippen LogP contribution in [-0.2, 0) is 9.53 Å². The molecular formula is C18H11IN4O2. The second kappa shape index (κ2) is 6.60. The van der Waals surface area contributed by atoms with Crippen LogP contribution >= 0.6 is 22.6 Å². The molecule has 0 amide bonds. The molecule has 0 N–H and O–H groups in total. The number of carbonyl (C=O) groups is 1. The average Bonchev–Trinajstić information content (AvgIpc) is 3.27. The summed E-state index contributed by atoms with van der Waals surface area (Å²) < 4.78 is 7.95. The fraction of sp³-hybridized carbons (Fsp3) is 0. The molecule has 0 atom stereocenters. The Morgan fingerprint density at radius 2 is 1.88 bits per heavy atom. The largest absolute Gasteiger partial charge is 0.402 e. The van der Waals surface area contributed by atoms with E-state index in [-0.39, 0.29) is 5.70 Å². The number of aromatic nitrogens is 3. The van der Waals surface area contributed by atoms with E-state index in [0.717, 1.165) is 20.4 Å². The van der Waals surface area contributed by atoms with Crippen LogP contribution < -0.4 is 0 Å². The highest BCUT2D eigenvalue weighted by Gasteiger charge is 2.25. The van der Waals surface area contributed by atoms with E-state index in [1.165, 1.54) is 6.33 Å². The first-order valence-corrected chi connectivity index (χ1v) is 8.51. The van der Waals surface area contributed by atoms with Crippen LogP contribution in [0.1, 0.15) is 11.1 Å². The highest BCUT2D eigenvalue weighted by atomic mass is 127. The van der Waals surface area contributed by atoms with Crippen LogP contribution in [0.25, 0.3) is 11.8 Å². The molecule has 0 saturated carbocycles. The number of nitrogens with zero attached hydrogens (tertiary/aromatic N) is 4. The number of carbonyl (C=O) groups excluding carboxylic acids is 1. The Kier molecular flexibility index (Phi) is 4.14. The minimum Gasteiger partial charge on any atom is -0.402 e. The first kappa shape index (κ1) is 15.7. The normalized spacial score (nSPS) is 15.3. The van der Waals surface area contributed by atoms with Crippen molar-refractivity contribution in [3.05, 3.63) is 81.6 Å². The van der Waals surface area contributed by atoms with Crippen molar-refractivity contribution >= 4 is 40.5 Å². The smallest absolute Gasteiger partial charge is 0.363 e. The van der Waals surface area contributed by atoms with Gasteiger partial charge in [-0.1, -0.05) is 24.3 Å². The summed E-state index contributed by atoms with van der Waals surface area (Å²) in [7, 11) is 0. The van der Waals surface area contributed by atoms with Gasteiger partial charge in [-0.05, 0) is 58.5 Å². The topological polar surface area (TPSA) is 69.4 Å². The number of halogens is 1. The molecule has 1 aliphatic rings. The van der Waals surface area contributed by atoms with E-state index < -0.39 is 5.97 Å². The number of ether oxygens (including phenoxy) is 1. The second-order valence-electron chi connectivity index (χ2n) is 5.25. The number of hydrogen-bond donors (Lipinski definition) is 0. The number of benzene rings is 2. The molecular weight excluding hydrogens is 431 g/mol. The zero-order chi connectivity index (χ0) is 17.2. The van der Waals surface area contributed by atoms with Crippen molar-refractivity contribution in [1.82, 2.24) is 14.8 Å². The van der Waals surface area contributed by atoms with E-state index in [9.17, 15) is 4.79 Å². The summed E-state index contributed by atoms with van der Waals surface area (Å²) >= 11 is 2.19. The molecule has 122 valence electrons. The van der Waals surface area contributed by atoms with Crippen LogP contribution in [0, 0.1) is 3.57 Å². The van der Waals surface area contributed by atoms with E-state index in [1.54, 1.807) is 17.1 Å². The van der Waals surface area contributed by atoms with Gasteiger partial charge in [0, 0.05) is 3.57 Å². The van der Waals surface area contributed by atoms with Crippen LogP contribution in [0.5, 0.6) is 0 Å². The number of rotatable bonds is 3. The van der Waals surface area contributed by atoms with Gasteiger partial charge in [-0.25, -0.2) is 19.5 Å². The van der Waals surface area contributed by atoms with Crippen molar-refractivity contribution in [1.29, 1.82) is 0 Å². The van der Waals surface area contributed by atoms with Crippen LogP contribution in [-0.4, -0.2) is 26.6 Å². The summed E-state index contributed by atoms with van der Waals surface area (Å²) in [6.07, 6.45) is 4.81. The average molecular weight is 442 g/mol. The first-order valence-electron chi connectivity index (χ1n) is 7.43. The van der Waals surface area contributed by atoms with Gasteiger partial charge in [-0.3, -0.25) is 0 Å². The Bertz CT molecular complexity index is 992. The summed E-state index contributed by atoms with van der Waals surface area (Å²) in [6.45, 7) is 0. The highest BCUT2D eigenvalue weighted by Crippen LogP contribution is 2.22. The van der Waals surface area contributed by atoms with Crippen molar-refractivity contribution in [3.8, 4) is 5.69 Å². The molecule has 1 aliphatic heterocycles. The Balaban J connectivity index is 1.63. The van der Waals surface area contributed by atoms with Gasteiger partial charge < -0.3 is 4.74 Å². The molecule has 6 nitrogen and oxygen atoms in total. The number of esters is 1. The summed E-state index contributed by atoms with van der Waals surface area (Å²) in [5.41, 5.74) is 2.82. The van der Waals surface area contributed by atoms with Crippen LogP contribution in [0.15, 0.2) is 71.9 Å². The second-order valence-corrected chi connectivity index (χ2v) is 6.41. The minimum absolute atomic E-state index is 0.281. The van der Waals surface area contributed by atoms with Gasteiger partial charge in [-0.2, -0.15) is 5.10 Å². The Morgan fingerprint density at radius 1 is 1.08 bits per heavy atom. The molecule has 0 spiro atoms. The molecule has 0 saturated heterocycles. The molecule has 0 fully saturated rings. The lowest BCUT2D eigenvalue weighted by molar-refractivity contribution is -0.129. The molecule has 2 heterocycles. The highest BCUT2D eigenvalue weighted by molar-refractivity contribution is 14.1. The fourth-order valence-electron chi connectivity index (χ4n) is 2.38. The summed E-state index contributed by atoms with van der Waals surface area (Å²) in [4.78, 5) is 20.4. The van der Waals surface area contributed by atoms with Gasteiger partial charge >= 0.3 is 5.97 Å². The molecule has 0 radical (unpaired) electrons. The van der Waals surface area contributed by atoms with Gasteiger partial charge in [0.25, 0.3) is 0 Å². The quantitative estimate of drug-likeness (QED) is 0.355. The predicted molar refractivity (Wildman–Crippen MR) is 101 cm³/mol. The lowest BCUT2D eigenvalue weighted by Gasteiger charge is -2.01. The zero-order valence-corrected chi connectivity index (χ0v) is 15.0. The van der Waals surface area contributed by atoms with Crippen LogP contribution in [0.4, 0.5) is 0 Å². The van der Waals surface area contributed by atoms with E-state index in [0.29, 0.717) is 5.90 Å². The van der Waals surface area contributed by atoms with E-state index in [1.807, 2.05) is 48.5 Å². The van der Waals surface area contributed by atoms with Gasteiger partial charge in [0.1, 0.15) is 12.7 Å². The van der Waals surface area contributed by atoms with Crippen LogP contribution in [0.2, 0.25) is 0 Å². The van der Waals surface area contributed by atoms with Crippen molar-refractivity contribution in [2.75, 3.05) is 0 Å². The lowest BCUT2D eigenvalue weighted by atomic mass is 10.2. The Hall–Kier alpha value is -2.81.